The number of nitrogens with zero attached hydrogens (tertiary/aromatic N) is 4. The van der Waals surface area contributed by atoms with Gasteiger partial charge >= 0.3 is 0 Å². The first-order chi connectivity index (χ1) is 16.0. The fourth-order valence-corrected chi connectivity index (χ4v) is 6.42. The number of H-pyrrole nitrogens is 2. The summed E-state index contributed by atoms with van der Waals surface area (Å²) in [6.07, 6.45) is 0. The summed E-state index contributed by atoms with van der Waals surface area (Å²) in [6.45, 7) is 3.03. The van der Waals surface area contributed by atoms with Crippen molar-refractivity contribution in [3.05, 3.63) is 58.7 Å². The summed E-state index contributed by atoms with van der Waals surface area (Å²) in [7, 11) is 0. The molecule has 2 aromatic carbocycles. The van der Waals surface area contributed by atoms with Crippen molar-refractivity contribution in [1.29, 1.82) is 0 Å². The Kier molecular flexibility index (Phi) is 3.94. The highest BCUT2D eigenvalue weighted by Crippen LogP contribution is 2.54. The molecule has 9 heteroatoms. The van der Waals surface area contributed by atoms with Gasteiger partial charge in [0.2, 0.25) is 0 Å². The van der Waals surface area contributed by atoms with Gasteiger partial charge in [0.25, 0.3) is 11.8 Å². The van der Waals surface area contributed by atoms with Gasteiger partial charge in [0, 0.05) is 47.7 Å². The zero-order chi connectivity index (χ0) is 22.3. The molecular formula is C24H21ClN6O2. The number of likely N-dealkylation sites (tertiary alicyclic amines) is 2. The van der Waals surface area contributed by atoms with Crippen LogP contribution in [0.15, 0.2) is 42.5 Å². The van der Waals surface area contributed by atoms with Crippen molar-refractivity contribution in [3.63, 3.8) is 0 Å². The van der Waals surface area contributed by atoms with Gasteiger partial charge < -0.3 is 14.8 Å². The fourth-order valence-electron chi connectivity index (χ4n) is 6.25. The minimum Gasteiger partial charge on any atom is -0.350 e. The van der Waals surface area contributed by atoms with Gasteiger partial charge in [-0.05, 0) is 60.1 Å². The lowest BCUT2D eigenvalue weighted by molar-refractivity contribution is 0.0629. The Balaban J connectivity index is 1.04. The molecule has 7 rings (SSSR count). The number of aromatic amines is 2. The number of benzene rings is 2. The van der Waals surface area contributed by atoms with Crippen molar-refractivity contribution >= 4 is 45.4 Å². The molecule has 2 aromatic heterocycles. The maximum Gasteiger partial charge on any atom is 0.270 e. The van der Waals surface area contributed by atoms with E-state index in [-0.39, 0.29) is 11.8 Å². The lowest BCUT2D eigenvalue weighted by Gasteiger charge is -2.42. The van der Waals surface area contributed by atoms with E-state index in [4.69, 9.17) is 11.6 Å². The summed E-state index contributed by atoms with van der Waals surface area (Å²) in [5.41, 5.74) is 3.67. The molecule has 0 bridgehead atoms. The van der Waals surface area contributed by atoms with Crippen LogP contribution in [0.1, 0.15) is 20.8 Å². The minimum absolute atomic E-state index is 0.0450. The number of amides is 2. The predicted molar refractivity (Wildman–Crippen MR) is 123 cm³/mol. The van der Waals surface area contributed by atoms with E-state index in [9.17, 15) is 9.59 Å². The Morgan fingerprint density at radius 2 is 1.55 bits per heavy atom. The van der Waals surface area contributed by atoms with E-state index in [1.165, 1.54) is 0 Å². The van der Waals surface area contributed by atoms with E-state index in [1.807, 2.05) is 46.2 Å². The second-order valence-corrected chi connectivity index (χ2v) is 9.97. The van der Waals surface area contributed by atoms with Crippen LogP contribution in [0.5, 0.6) is 0 Å². The molecule has 2 N–H and O–H groups in total. The summed E-state index contributed by atoms with van der Waals surface area (Å²) in [5.74, 6) is 1.96. The largest absolute Gasteiger partial charge is 0.350 e. The van der Waals surface area contributed by atoms with Crippen LogP contribution < -0.4 is 0 Å². The molecule has 1 aliphatic carbocycles. The Morgan fingerprint density at radius 1 is 0.848 bits per heavy atom. The second kappa shape index (κ2) is 6.81. The van der Waals surface area contributed by atoms with Gasteiger partial charge in [-0.15, -0.1) is 5.10 Å². The van der Waals surface area contributed by atoms with Gasteiger partial charge in [0.15, 0.2) is 0 Å². The van der Waals surface area contributed by atoms with Crippen LogP contribution in [0.3, 0.4) is 0 Å². The molecule has 2 saturated heterocycles. The van der Waals surface area contributed by atoms with Gasteiger partial charge in [0.1, 0.15) is 11.2 Å². The zero-order valence-corrected chi connectivity index (χ0v) is 18.4. The number of carbonyl (C=O) groups excluding carboxylic acids is 2. The summed E-state index contributed by atoms with van der Waals surface area (Å²) in [5, 5.41) is 12.3. The monoisotopic (exact) mass is 460 g/mol. The van der Waals surface area contributed by atoms with Gasteiger partial charge in [-0.2, -0.15) is 0 Å². The fraction of sp³-hybridized carbons (Fsp3) is 0.333. The highest BCUT2D eigenvalue weighted by Gasteiger charge is 2.59. The molecular weight excluding hydrogens is 440 g/mol. The number of aromatic nitrogens is 4. The van der Waals surface area contributed by atoms with E-state index in [1.54, 1.807) is 6.07 Å². The number of nitrogens with one attached hydrogen (secondary N) is 2. The highest BCUT2D eigenvalue weighted by molar-refractivity contribution is 6.31. The maximum absolute atomic E-state index is 13.2. The molecule has 166 valence electrons. The van der Waals surface area contributed by atoms with E-state index in [2.05, 4.69) is 20.4 Å². The van der Waals surface area contributed by atoms with Crippen LogP contribution in [0, 0.1) is 23.7 Å². The lowest BCUT2D eigenvalue weighted by Crippen LogP contribution is -2.44. The topological polar surface area (TPSA) is 98.0 Å². The first kappa shape index (κ1) is 19.1. The molecule has 4 heterocycles. The third-order valence-corrected chi connectivity index (χ3v) is 8.12. The van der Waals surface area contributed by atoms with Crippen molar-refractivity contribution in [2.75, 3.05) is 26.2 Å². The first-order valence-electron chi connectivity index (χ1n) is 11.2. The molecule has 2 unspecified atom stereocenters. The maximum atomic E-state index is 13.2. The average Bonchev–Trinajstić information content (AvgIpc) is 3.59. The van der Waals surface area contributed by atoms with Crippen molar-refractivity contribution in [2.24, 2.45) is 23.7 Å². The van der Waals surface area contributed by atoms with Crippen molar-refractivity contribution in [1.82, 2.24) is 30.2 Å². The second-order valence-electron chi connectivity index (χ2n) is 9.53. The Morgan fingerprint density at radius 3 is 2.27 bits per heavy atom. The summed E-state index contributed by atoms with van der Waals surface area (Å²) >= 11 is 6.08. The van der Waals surface area contributed by atoms with Crippen LogP contribution in [0.4, 0.5) is 0 Å². The number of hydrogen-bond donors (Lipinski definition) is 2. The SMILES string of the molecule is O=C(c1ccc2[nH]nnc2c1)N1C[C@@H]2C3CN(C(=O)c4cc5ccc(Cl)cc5[nH]4)CC3[C@@H]2C1. The number of fused-ring (bicyclic) bond motifs is 6. The summed E-state index contributed by atoms with van der Waals surface area (Å²) < 4.78 is 0. The zero-order valence-electron chi connectivity index (χ0n) is 17.7. The van der Waals surface area contributed by atoms with Crippen LogP contribution in [-0.2, 0) is 0 Å². The molecule has 33 heavy (non-hydrogen) atoms. The van der Waals surface area contributed by atoms with E-state index < -0.39 is 0 Å². The molecule has 0 spiro atoms. The van der Waals surface area contributed by atoms with Gasteiger partial charge in [-0.1, -0.05) is 22.9 Å². The van der Waals surface area contributed by atoms with Crippen molar-refractivity contribution in [3.8, 4) is 0 Å². The number of halogens is 1. The van der Waals surface area contributed by atoms with Crippen molar-refractivity contribution < 1.29 is 9.59 Å². The molecule has 4 aromatic rings. The quantitative estimate of drug-likeness (QED) is 0.480. The van der Waals surface area contributed by atoms with Crippen LogP contribution in [-0.4, -0.2) is 68.2 Å². The molecule has 0 radical (unpaired) electrons. The normalized spacial score (nSPS) is 26.0. The molecule has 3 fully saturated rings. The Hall–Kier alpha value is -3.39. The van der Waals surface area contributed by atoms with E-state index >= 15 is 0 Å². The number of carbonyl (C=O) groups is 2. The average molecular weight is 461 g/mol. The molecule has 8 nitrogen and oxygen atoms in total. The summed E-state index contributed by atoms with van der Waals surface area (Å²) in [4.78, 5) is 33.4. The first-order valence-corrected chi connectivity index (χ1v) is 11.6. The van der Waals surface area contributed by atoms with E-state index in [0.717, 1.165) is 42.6 Å². The number of hydrogen-bond acceptors (Lipinski definition) is 4. The molecule has 3 aliphatic rings. The smallest absolute Gasteiger partial charge is 0.270 e. The molecule has 2 amide bonds. The standard InChI is InChI=1S/C24H21ClN6O2/c25-14-3-1-12-5-22(26-20(12)7-14)24(33)31-10-17-15-8-30(9-16(15)18(17)11-31)23(32)13-2-4-19-21(6-13)28-29-27-19/h1-7,15-18,26H,8-11H2,(H,27,28,29)/t15-,16+,17?,18?. The van der Waals surface area contributed by atoms with Crippen LogP contribution in [0.25, 0.3) is 21.9 Å². The molecule has 1 saturated carbocycles. The van der Waals surface area contributed by atoms with Gasteiger partial charge in [0.05, 0.1) is 5.52 Å². The van der Waals surface area contributed by atoms with Crippen LogP contribution in [0.2, 0.25) is 5.02 Å². The lowest BCUT2D eigenvalue weighted by atomic mass is 9.60. The predicted octanol–water partition coefficient (Wildman–Crippen LogP) is 3.18. The van der Waals surface area contributed by atoms with E-state index in [0.29, 0.717) is 45.5 Å². The third kappa shape index (κ3) is 2.83. The molecule has 2 aliphatic heterocycles. The Labute approximate surface area is 193 Å². The van der Waals surface area contributed by atoms with Crippen molar-refractivity contribution in [2.45, 2.75) is 0 Å². The van der Waals surface area contributed by atoms with Gasteiger partial charge in [-0.3, -0.25) is 14.7 Å². The Bertz CT molecular complexity index is 1420. The van der Waals surface area contributed by atoms with Gasteiger partial charge in [-0.25, -0.2) is 0 Å². The number of rotatable bonds is 2. The summed E-state index contributed by atoms with van der Waals surface area (Å²) in [6, 6.07) is 13.0. The molecule has 4 atom stereocenters. The minimum atomic E-state index is 0.0450. The van der Waals surface area contributed by atoms with Crippen LogP contribution >= 0.6 is 11.6 Å². The highest BCUT2D eigenvalue weighted by atomic mass is 35.5. The third-order valence-electron chi connectivity index (χ3n) is 7.89.